The lowest BCUT2D eigenvalue weighted by atomic mass is 10.2. The van der Waals surface area contributed by atoms with Crippen LogP contribution in [0.15, 0.2) is 53.4 Å². The van der Waals surface area contributed by atoms with Crippen molar-refractivity contribution in [2.75, 3.05) is 7.11 Å². The van der Waals surface area contributed by atoms with Crippen LogP contribution in [-0.4, -0.2) is 31.8 Å². The molecule has 7 nitrogen and oxygen atoms in total. The van der Waals surface area contributed by atoms with E-state index in [2.05, 4.69) is 20.3 Å². The van der Waals surface area contributed by atoms with E-state index < -0.39 is 0 Å². The first-order valence-corrected chi connectivity index (χ1v) is 6.61. The fourth-order valence-corrected chi connectivity index (χ4v) is 2.17. The molecule has 0 saturated carbocycles. The number of rotatable bonds is 3. The predicted molar refractivity (Wildman–Crippen MR) is 78.3 cm³/mol. The van der Waals surface area contributed by atoms with Crippen molar-refractivity contribution >= 4 is 5.65 Å². The van der Waals surface area contributed by atoms with E-state index in [0.717, 1.165) is 22.5 Å². The van der Waals surface area contributed by atoms with E-state index in [4.69, 9.17) is 9.26 Å². The average Bonchev–Trinajstić information content (AvgIpc) is 3.23. The molecule has 4 aromatic rings. The van der Waals surface area contributed by atoms with Crippen LogP contribution in [-0.2, 0) is 0 Å². The predicted octanol–water partition coefficient (Wildman–Crippen LogP) is 2.45. The lowest BCUT2D eigenvalue weighted by Crippen LogP contribution is -1.86. The highest BCUT2D eigenvalue weighted by Gasteiger charge is 2.12. The molecule has 4 rings (SSSR count). The summed E-state index contributed by atoms with van der Waals surface area (Å²) in [5.41, 5.74) is 2.35. The van der Waals surface area contributed by atoms with Crippen molar-refractivity contribution in [1.82, 2.24) is 24.7 Å². The zero-order valence-corrected chi connectivity index (χ0v) is 11.7. The van der Waals surface area contributed by atoms with Gasteiger partial charge in [0.25, 0.3) is 5.89 Å². The molecule has 0 saturated heterocycles. The van der Waals surface area contributed by atoms with Crippen LogP contribution >= 0.6 is 0 Å². The Morgan fingerprint density at radius 3 is 3.00 bits per heavy atom. The first kappa shape index (κ1) is 12.5. The minimum Gasteiger partial charge on any atom is -0.497 e. The molecular formula is C15H11N5O2. The molecule has 3 heterocycles. The van der Waals surface area contributed by atoms with Crippen molar-refractivity contribution in [3.63, 3.8) is 0 Å². The van der Waals surface area contributed by atoms with Crippen molar-refractivity contribution in [2.45, 2.75) is 0 Å². The Balaban J connectivity index is 1.73. The molecule has 22 heavy (non-hydrogen) atoms. The minimum absolute atomic E-state index is 0.440. The summed E-state index contributed by atoms with van der Waals surface area (Å²) in [6.45, 7) is 0. The molecule has 3 aromatic heterocycles. The van der Waals surface area contributed by atoms with Gasteiger partial charge in [0.1, 0.15) is 12.1 Å². The highest BCUT2D eigenvalue weighted by atomic mass is 16.5. The quantitative estimate of drug-likeness (QED) is 0.577. The molecule has 0 spiro atoms. The zero-order valence-electron chi connectivity index (χ0n) is 11.7. The van der Waals surface area contributed by atoms with Crippen molar-refractivity contribution in [1.29, 1.82) is 0 Å². The zero-order chi connectivity index (χ0) is 14.9. The number of aromatic nitrogens is 5. The molecule has 0 N–H and O–H groups in total. The largest absolute Gasteiger partial charge is 0.497 e. The third-order valence-electron chi connectivity index (χ3n) is 3.30. The monoisotopic (exact) mass is 293 g/mol. The molecule has 0 amide bonds. The molecule has 0 unspecified atom stereocenters. The molecule has 0 fully saturated rings. The fraction of sp³-hybridized carbons (Fsp3) is 0.0667. The topological polar surface area (TPSA) is 78.3 Å². The number of ether oxygens (including phenoxy) is 1. The van der Waals surface area contributed by atoms with Gasteiger partial charge >= 0.3 is 0 Å². The van der Waals surface area contributed by atoms with E-state index in [9.17, 15) is 0 Å². The number of pyridine rings is 1. The maximum absolute atomic E-state index is 5.34. The molecule has 1 aromatic carbocycles. The number of methoxy groups -OCH3 is 1. The van der Waals surface area contributed by atoms with E-state index in [1.165, 1.54) is 0 Å². The highest BCUT2D eigenvalue weighted by molar-refractivity contribution is 5.63. The Labute approximate surface area is 125 Å². The van der Waals surface area contributed by atoms with Crippen LogP contribution in [0.25, 0.3) is 28.5 Å². The summed E-state index contributed by atoms with van der Waals surface area (Å²) in [6, 6.07) is 11.2. The van der Waals surface area contributed by atoms with Gasteiger partial charge < -0.3 is 9.26 Å². The van der Waals surface area contributed by atoms with E-state index in [-0.39, 0.29) is 0 Å². The van der Waals surface area contributed by atoms with Gasteiger partial charge in [-0.15, -0.1) is 10.2 Å². The van der Waals surface area contributed by atoms with Crippen molar-refractivity contribution < 1.29 is 9.26 Å². The Morgan fingerprint density at radius 1 is 1.14 bits per heavy atom. The van der Waals surface area contributed by atoms with Crippen LogP contribution in [0.1, 0.15) is 0 Å². The number of hydrogen-bond acceptors (Lipinski definition) is 6. The van der Waals surface area contributed by atoms with Crippen LogP contribution in [0.2, 0.25) is 0 Å². The lowest BCUT2D eigenvalue weighted by molar-refractivity contribution is 0.413. The molecular weight excluding hydrogens is 282 g/mol. The Hall–Kier alpha value is -3.22. The van der Waals surface area contributed by atoms with Crippen LogP contribution in [0.3, 0.4) is 0 Å². The second kappa shape index (κ2) is 4.96. The number of fused-ring (bicyclic) bond motifs is 1. The highest BCUT2D eigenvalue weighted by Crippen LogP contribution is 2.25. The van der Waals surface area contributed by atoms with Gasteiger partial charge in [-0.1, -0.05) is 11.2 Å². The molecule has 0 radical (unpaired) electrons. The smallest absolute Gasteiger partial charge is 0.258 e. The van der Waals surface area contributed by atoms with E-state index in [0.29, 0.717) is 11.7 Å². The van der Waals surface area contributed by atoms with Crippen LogP contribution in [0, 0.1) is 0 Å². The third-order valence-corrected chi connectivity index (χ3v) is 3.30. The summed E-state index contributed by atoms with van der Waals surface area (Å²) in [5, 5.41) is 11.9. The lowest BCUT2D eigenvalue weighted by Gasteiger charge is -1.99. The van der Waals surface area contributed by atoms with Gasteiger partial charge in [0.2, 0.25) is 5.82 Å². The molecule has 0 atom stereocenters. The molecule has 0 aliphatic heterocycles. The SMILES string of the molecule is COc1cccc(-c2nc(-c3ccn4cnnc4c3)no2)c1. The van der Waals surface area contributed by atoms with Gasteiger partial charge in [-0.05, 0) is 30.3 Å². The molecule has 0 aliphatic carbocycles. The second-order valence-electron chi connectivity index (χ2n) is 4.67. The first-order valence-electron chi connectivity index (χ1n) is 6.61. The Morgan fingerprint density at radius 2 is 2.09 bits per heavy atom. The number of benzene rings is 1. The summed E-state index contributed by atoms with van der Waals surface area (Å²) >= 11 is 0. The first-order chi connectivity index (χ1) is 10.8. The van der Waals surface area contributed by atoms with E-state index in [1.54, 1.807) is 13.4 Å². The fourth-order valence-electron chi connectivity index (χ4n) is 2.17. The molecule has 0 bridgehead atoms. The standard InChI is InChI=1S/C15H11N5O2/c1-21-12-4-2-3-11(7-12)15-17-14(19-22-15)10-5-6-20-9-16-18-13(20)8-10/h2-9H,1H3. The molecule has 0 aliphatic rings. The maximum Gasteiger partial charge on any atom is 0.258 e. The van der Waals surface area contributed by atoms with Crippen LogP contribution < -0.4 is 4.74 Å². The average molecular weight is 293 g/mol. The molecule has 7 heteroatoms. The second-order valence-corrected chi connectivity index (χ2v) is 4.67. The maximum atomic E-state index is 5.34. The van der Waals surface area contributed by atoms with Crippen molar-refractivity contribution in [3.8, 4) is 28.6 Å². The summed E-state index contributed by atoms with van der Waals surface area (Å²) in [4.78, 5) is 4.43. The van der Waals surface area contributed by atoms with Gasteiger partial charge in [-0.3, -0.25) is 4.40 Å². The Bertz CT molecular complexity index is 944. The summed E-state index contributed by atoms with van der Waals surface area (Å²) in [7, 11) is 1.62. The van der Waals surface area contributed by atoms with E-state index in [1.807, 2.05) is 47.0 Å². The number of nitrogens with zero attached hydrogens (tertiary/aromatic N) is 5. The van der Waals surface area contributed by atoms with Gasteiger partial charge in [0, 0.05) is 17.3 Å². The third kappa shape index (κ3) is 2.08. The molecule has 108 valence electrons. The summed E-state index contributed by atoms with van der Waals surface area (Å²) in [5.74, 6) is 1.68. The van der Waals surface area contributed by atoms with Crippen molar-refractivity contribution in [2.24, 2.45) is 0 Å². The van der Waals surface area contributed by atoms with Gasteiger partial charge in [0.05, 0.1) is 7.11 Å². The van der Waals surface area contributed by atoms with Crippen LogP contribution in [0.5, 0.6) is 5.75 Å². The summed E-state index contributed by atoms with van der Waals surface area (Å²) < 4.78 is 12.3. The summed E-state index contributed by atoms with van der Waals surface area (Å²) in [6.07, 6.45) is 3.49. The van der Waals surface area contributed by atoms with Gasteiger partial charge in [-0.2, -0.15) is 4.98 Å². The Kier molecular flexibility index (Phi) is 2.82. The normalized spacial score (nSPS) is 11.0. The van der Waals surface area contributed by atoms with Gasteiger partial charge in [-0.25, -0.2) is 0 Å². The van der Waals surface area contributed by atoms with Gasteiger partial charge in [0.15, 0.2) is 5.65 Å². The number of hydrogen-bond donors (Lipinski definition) is 0. The van der Waals surface area contributed by atoms with Crippen molar-refractivity contribution in [3.05, 3.63) is 48.9 Å². The van der Waals surface area contributed by atoms with E-state index >= 15 is 0 Å². The van der Waals surface area contributed by atoms with Crippen LogP contribution in [0.4, 0.5) is 0 Å². The minimum atomic E-state index is 0.440.